The Balaban J connectivity index is 2.56. The molecule has 1 aliphatic rings. The quantitative estimate of drug-likeness (QED) is 0.554. The molecule has 0 unspecified atom stereocenters. The molecular weight excluding hydrogens is 130 g/mol. The first-order valence-corrected chi connectivity index (χ1v) is 3.20. The van der Waals surface area contributed by atoms with Crippen LogP contribution in [0.4, 0.5) is 0 Å². The van der Waals surface area contributed by atoms with Gasteiger partial charge < -0.3 is 15.1 Å². The highest BCUT2D eigenvalue weighted by molar-refractivity contribution is 5.22. The van der Waals surface area contributed by atoms with Gasteiger partial charge in [-0.25, -0.2) is 0 Å². The number of aliphatic hydroxyl groups is 2. The first-order chi connectivity index (χ1) is 4.86. The zero-order chi connectivity index (χ0) is 7.40. The first-order valence-electron chi connectivity index (χ1n) is 3.20. The molecule has 2 N–H and O–H groups in total. The molecule has 0 aromatic rings. The van der Waals surface area contributed by atoms with Crippen molar-refractivity contribution in [2.75, 3.05) is 19.9 Å². The number of hydrogen-bond donors (Lipinski definition) is 2. The van der Waals surface area contributed by atoms with Crippen LogP contribution in [-0.2, 0) is 0 Å². The summed E-state index contributed by atoms with van der Waals surface area (Å²) < 4.78 is 0. The highest BCUT2D eigenvalue weighted by atomic mass is 16.3. The molecule has 0 fully saturated rings. The molecule has 3 heteroatoms. The van der Waals surface area contributed by atoms with Gasteiger partial charge in [-0.2, -0.15) is 0 Å². The summed E-state index contributed by atoms with van der Waals surface area (Å²) in [6.45, 7) is 0.765. The standard InChI is InChI=1S/C7H11NO2/c9-5-7-2-1-3-8(4-7)6-10/h1-2,4,9-10H,3,5-6H2. The van der Waals surface area contributed by atoms with E-state index in [4.69, 9.17) is 10.2 Å². The van der Waals surface area contributed by atoms with Crippen molar-refractivity contribution in [3.05, 3.63) is 23.9 Å². The molecule has 1 heterocycles. The minimum atomic E-state index is 0.00778. The average molecular weight is 141 g/mol. The Kier molecular flexibility index (Phi) is 2.48. The number of aliphatic hydroxyl groups excluding tert-OH is 2. The highest BCUT2D eigenvalue weighted by Gasteiger charge is 2.01. The molecule has 0 spiro atoms. The summed E-state index contributed by atoms with van der Waals surface area (Å²) in [4.78, 5) is 1.71. The van der Waals surface area contributed by atoms with Crippen LogP contribution >= 0.6 is 0 Å². The van der Waals surface area contributed by atoms with Crippen LogP contribution in [0, 0.1) is 0 Å². The van der Waals surface area contributed by atoms with E-state index < -0.39 is 0 Å². The molecule has 3 nitrogen and oxygen atoms in total. The first kappa shape index (κ1) is 7.31. The van der Waals surface area contributed by atoms with Gasteiger partial charge in [0.15, 0.2) is 0 Å². The van der Waals surface area contributed by atoms with Gasteiger partial charge in [0, 0.05) is 12.7 Å². The SMILES string of the molecule is OCC1=CN(CO)CC=C1. The molecule has 0 saturated carbocycles. The Morgan fingerprint density at radius 1 is 1.50 bits per heavy atom. The van der Waals surface area contributed by atoms with Gasteiger partial charge in [-0.15, -0.1) is 0 Å². The van der Waals surface area contributed by atoms with E-state index in [1.165, 1.54) is 0 Å². The van der Waals surface area contributed by atoms with Gasteiger partial charge in [0.05, 0.1) is 6.61 Å². The van der Waals surface area contributed by atoms with Gasteiger partial charge in [-0.05, 0) is 5.57 Å². The van der Waals surface area contributed by atoms with E-state index in [0.29, 0.717) is 0 Å². The largest absolute Gasteiger partial charge is 0.392 e. The van der Waals surface area contributed by atoms with E-state index in [9.17, 15) is 0 Å². The molecule has 10 heavy (non-hydrogen) atoms. The third-order valence-corrected chi connectivity index (χ3v) is 1.38. The summed E-state index contributed by atoms with van der Waals surface area (Å²) >= 11 is 0. The third-order valence-electron chi connectivity index (χ3n) is 1.38. The van der Waals surface area contributed by atoms with Crippen LogP contribution in [0.5, 0.6) is 0 Å². The topological polar surface area (TPSA) is 43.7 Å². The van der Waals surface area contributed by atoms with E-state index in [2.05, 4.69) is 0 Å². The van der Waals surface area contributed by atoms with Crippen molar-refractivity contribution >= 4 is 0 Å². The molecular formula is C7H11NO2. The fourth-order valence-corrected chi connectivity index (χ4v) is 0.862. The van der Waals surface area contributed by atoms with Gasteiger partial charge in [-0.3, -0.25) is 0 Å². The van der Waals surface area contributed by atoms with Gasteiger partial charge in [0.25, 0.3) is 0 Å². The van der Waals surface area contributed by atoms with Crippen LogP contribution in [0.2, 0.25) is 0 Å². The second kappa shape index (κ2) is 3.39. The number of nitrogens with zero attached hydrogens (tertiary/aromatic N) is 1. The summed E-state index contributed by atoms with van der Waals surface area (Å²) in [6.07, 6.45) is 5.51. The summed E-state index contributed by atoms with van der Waals surface area (Å²) in [5.74, 6) is 0. The Bertz CT molecular complexity index is 163. The maximum atomic E-state index is 8.68. The molecule has 1 rings (SSSR count). The maximum absolute atomic E-state index is 8.68. The molecule has 56 valence electrons. The molecule has 1 aliphatic heterocycles. The van der Waals surface area contributed by atoms with Crippen molar-refractivity contribution < 1.29 is 10.2 Å². The zero-order valence-electron chi connectivity index (χ0n) is 5.70. The second-order valence-corrected chi connectivity index (χ2v) is 2.18. The normalized spacial score (nSPS) is 17.4. The van der Waals surface area contributed by atoms with Crippen LogP contribution in [0.25, 0.3) is 0 Å². The molecule has 0 aliphatic carbocycles. The van der Waals surface area contributed by atoms with Crippen LogP contribution in [0.15, 0.2) is 23.9 Å². The summed E-state index contributed by atoms with van der Waals surface area (Å²) in [7, 11) is 0. The van der Waals surface area contributed by atoms with Gasteiger partial charge in [0.2, 0.25) is 0 Å². The van der Waals surface area contributed by atoms with Gasteiger partial charge in [0.1, 0.15) is 6.73 Å². The Morgan fingerprint density at radius 2 is 2.30 bits per heavy atom. The zero-order valence-corrected chi connectivity index (χ0v) is 5.70. The minimum absolute atomic E-state index is 0.00778. The lowest BCUT2D eigenvalue weighted by Gasteiger charge is -2.19. The lowest BCUT2D eigenvalue weighted by atomic mass is 10.2. The summed E-state index contributed by atoms with van der Waals surface area (Å²) in [5, 5.41) is 17.3. The minimum Gasteiger partial charge on any atom is -0.392 e. The smallest absolute Gasteiger partial charge is 0.115 e. The van der Waals surface area contributed by atoms with Crippen molar-refractivity contribution in [3.8, 4) is 0 Å². The second-order valence-electron chi connectivity index (χ2n) is 2.18. The van der Waals surface area contributed by atoms with Crippen LogP contribution < -0.4 is 0 Å². The number of rotatable bonds is 2. The molecule has 0 radical (unpaired) electrons. The molecule has 0 amide bonds. The molecule has 0 atom stereocenters. The average Bonchev–Trinajstić information content (AvgIpc) is 2.05. The van der Waals surface area contributed by atoms with Crippen LogP contribution in [-0.4, -0.2) is 35.0 Å². The Labute approximate surface area is 59.9 Å². The summed E-state index contributed by atoms with van der Waals surface area (Å²) in [5.41, 5.74) is 0.834. The van der Waals surface area contributed by atoms with Crippen molar-refractivity contribution in [3.63, 3.8) is 0 Å². The van der Waals surface area contributed by atoms with E-state index in [1.54, 1.807) is 11.1 Å². The van der Waals surface area contributed by atoms with E-state index >= 15 is 0 Å². The highest BCUT2D eigenvalue weighted by Crippen LogP contribution is 2.04. The maximum Gasteiger partial charge on any atom is 0.115 e. The van der Waals surface area contributed by atoms with Crippen molar-refractivity contribution in [2.24, 2.45) is 0 Å². The third kappa shape index (κ3) is 1.59. The lowest BCUT2D eigenvalue weighted by Crippen LogP contribution is -2.21. The fourth-order valence-electron chi connectivity index (χ4n) is 0.862. The molecule has 0 aromatic heterocycles. The van der Waals surface area contributed by atoms with Gasteiger partial charge in [-0.1, -0.05) is 12.2 Å². The lowest BCUT2D eigenvalue weighted by molar-refractivity contribution is 0.159. The fraction of sp³-hybridized carbons (Fsp3) is 0.429. The van der Waals surface area contributed by atoms with E-state index in [0.717, 1.165) is 12.1 Å². The van der Waals surface area contributed by atoms with E-state index in [1.807, 2.05) is 12.2 Å². The predicted molar refractivity (Wildman–Crippen MR) is 38.1 cm³/mol. The Morgan fingerprint density at radius 3 is 2.90 bits per heavy atom. The van der Waals surface area contributed by atoms with Crippen molar-refractivity contribution in [1.82, 2.24) is 4.90 Å². The molecule has 0 saturated heterocycles. The predicted octanol–water partition coefficient (Wildman–Crippen LogP) is -0.316. The van der Waals surface area contributed by atoms with Crippen LogP contribution in [0.1, 0.15) is 0 Å². The van der Waals surface area contributed by atoms with Crippen molar-refractivity contribution in [2.45, 2.75) is 0 Å². The van der Waals surface area contributed by atoms with E-state index in [-0.39, 0.29) is 13.3 Å². The monoisotopic (exact) mass is 141 g/mol. The molecule has 0 bridgehead atoms. The van der Waals surface area contributed by atoms with Crippen molar-refractivity contribution in [1.29, 1.82) is 0 Å². The summed E-state index contributed by atoms with van der Waals surface area (Å²) in [6, 6.07) is 0. The Hall–Kier alpha value is -0.800. The van der Waals surface area contributed by atoms with Crippen LogP contribution in [0.3, 0.4) is 0 Å². The van der Waals surface area contributed by atoms with Gasteiger partial charge >= 0.3 is 0 Å². The molecule has 0 aromatic carbocycles. The number of hydrogen-bond acceptors (Lipinski definition) is 3.